The van der Waals surface area contributed by atoms with Crippen molar-refractivity contribution in [3.8, 4) is 0 Å². The van der Waals surface area contributed by atoms with E-state index in [0.717, 1.165) is 52.0 Å². The Morgan fingerprint density at radius 1 is 0.773 bits per heavy atom. The van der Waals surface area contributed by atoms with E-state index in [1.807, 2.05) is 11.8 Å². The number of halogens is 1. The molecule has 2 atom stereocenters. The maximum Gasteiger partial charge on any atom is 0.407 e. The average molecular weight is 694 g/mol. The van der Waals surface area contributed by atoms with Gasteiger partial charge in [-0.1, -0.05) is 115 Å². The van der Waals surface area contributed by atoms with E-state index in [0.29, 0.717) is 17.1 Å². The zero-order chi connectivity index (χ0) is 30.2. The highest BCUT2D eigenvalue weighted by Gasteiger charge is 2.31. The fourth-order valence-corrected chi connectivity index (χ4v) is 7.16. The molecule has 2 aromatic rings. The van der Waals surface area contributed by atoms with Gasteiger partial charge in [-0.15, -0.1) is 11.8 Å². The first-order chi connectivity index (χ1) is 21.3. The Kier molecular flexibility index (Phi) is 22.8. The number of pyridine rings is 1. The second-order valence-electron chi connectivity index (χ2n) is 12.5. The highest BCUT2D eigenvalue weighted by molar-refractivity contribution is 8.01. The summed E-state index contributed by atoms with van der Waals surface area (Å²) in [4.78, 5) is 12.0. The summed E-state index contributed by atoms with van der Waals surface area (Å²) in [7, 11) is 0. The SMILES string of the molecule is CCCCCCCCCCCCCCCCCCNC(=O)OC[C@@H]1C[C@@H](COCCCC[n+]2cccc3ccccc32)S1.[Br-]. The lowest BCUT2D eigenvalue weighted by atomic mass is 10.0. The number of nitrogens with zero attached hydrogens (tertiary/aromatic N) is 1. The summed E-state index contributed by atoms with van der Waals surface area (Å²) in [5, 5.41) is 5.16. The lowest BCUT2D eigenvalue weighted by molar-refractivity contribution is -0.671. The third kappa shape index (κ3) is 17.4. The van der Waals surface area contributed by atoms with Crippen molar-refractivity contribution in [3.63, 3.8) is 0 Å². The first-order valence-corrected chi connectivity index (χ1v) is 18.7. The number of para-hydroxylation sites is 1. The van der Waals surface area contributed by atoms with Gasteiger partial charge in [-0.05, 0) is 31.4 Å². The smallest absolute Gasteiger partial charge is 0.407 e. The largest absolute Gasteiger partial charge is 1.00 e. The van der Waals surface area contributed by atoms with Crippen LogP contribution < -0.4 is 26.9 Å². The van der Waals surface area contributed by atoms with E-state index in [1.54, 1.807) is 0 Å². The summed E-state index contributed by atoms with van der Waals surface area (Å²) < 4.78 is 13.7. The molecule has 1 aliphatic rings. The molecule has 5 nitrogen and oxygen atoms in total. The van der Waals surface area contributed by atoms with Gasteiger partial charge in [0.05, 0.1) is 6.61 Å². The Hall–Kier alpha value is -1.31. The predicted octanol–water partition coefficient (Wildman–Crippen LogP) is 6.79. The van der Waals surface area contributed by atoms with Gasteiger partial charge in [-0.25, -0.2) is 4.79 Å². The fourth-order valence-electron chi connectivity index (χ4n) is 5.97. The van der Waals surface area contributed by atoms with Crippen LogP contribution in [0.4, 0.5) is 4.79 Å². The van der Waals surface area contributed by atoms with Crippen LogP contribution in [0.25, 0.3) is 10.9 Å². The molecule has 250 valence electrons. The van der Waals surface area contributed by atoms with Crippen LogP contribution in [0.15, 0.2) is 42.6 Å². The summed E-state index contributed by atoms with van der Waals surface area (Å²) in [6.45, 7) is 6.15. The second kappa shape index (κ2) is 25.8. The maximum atomic E-state index is 12.0. The number of fused-ring (bicyclic) bond motifs is 1. The molecule has 1 amide bonds. The minimum atomic E-state index is -0.259. The van der Waals surface area contributed by atoms with Crippen LogP contribution in [0.5, 0.6) is 0 Å². The van der Waals surface area contributed by atoms with Gasteiger partial charge in [0.2, 0.25) is 5.52 Å². The number of ether oxygens (including phenoxy) is 2. The van der Waals surface area contributed by atoms with Crippen molar-refractivity contribution < 1.29 is 35.8 Å². The van der Waals surface area contributed by atoms with E-state index in [4.69, 9.17) is 9.47 Å². The summed E-state index contributed by atoms with van der Waals surface area (Å²) in [5.41, 5.74) is 1.29. The number of nitrogens with one attached hydrogen (secondary N) is 1. The van der Waals surface area contributed by atoms with Crippen LogP contribution in [0.1, 0.15) is 129 Å². The quantitative estimate of drug-likeness (QED) is 0.0872. The summed E-state index contributed by atoms with van der Waals surface area (Å²) in [6.07, 6.45) is 27.0. The highest BCUT2D eigenvalue weighted by Crippen LogP contribution is 2.36. The van der Waals surface area contributed by atoms with Gasteiger partial charge >= 0.3 is 6.09 Å². The van der Waals surface area contributed by atoms with E-state index in [2.05, 4.69) is 59.4 Å². The average Bonchev–Trinajstić information content (AvgIpc) is 3.00. The molecule has 1 aliphatic heterocycles. The Morgan fingerprint density at radius 2 is 1.34 bits per heavy atom. The van der Waals surface area contributed by atoms with Gasteiger partial charge in [0.25, 0.3) is 0 Å². The number of hydrogen-bond donors (Lipinski definition) is 1. The lowest BCUT2D eigenvalue weighted by Crippen LogP contribution is -3.00. The maximum absolute atomic E-state index is 12.0. The zero-order valence-electron chi connectivity index (χ0n) is 27.6. The van der Waals surface area contributed by atoms with E-state index in [9.17, 15) is 4.79 Å². The number of amides is 1. The molecule has 0 bridgehead atoms. The van der Waals surface area contributed by atoms with Crippen LogP contribution in [0.3, 0.4) is 0 Å². The van der Waals surface area contributed by atoms with Crippen molar-refractivity contribution in [2.75, 3.05) is 26.4 Å². The number of benzene rings is 1. The van der Waals surface area contributed by atoms with Crippen molar-refractivity contribution in [2.24, 2.45) is 0 Å². The van der Waals surface area contributed by atoms with Crippen LogP contribution in [-0.2, 0) is 16.0 Å². The molecule has 1 saturated heterocycles. The molecule has 0 radical (unpaired) electrons. The summed E-state index contributed by atoms with van der Waals surface area (Å²) in [5.74, 6) is 0. The van der Waals surface area contributed by atoms with Crippen LogP contribution >= 0.6 is 11.8 Å². The minimum absolute atomic E-state index is 0. The predicted molar refractivity (Wildman–Crippen MR) is 183 cm³/mol. The molecule has 0 aliphatic carbocycles. The molecule has 7 heteroatoms. The number of aromatic nitrogens is 1. The molecule has 0 unspecified atom stereocenters. The van der Waals surface area contributed by atoms with Crippen molar-refractivity contribution in [2.45, 2.75) is 146 Å². The normalized spacial score (nSPS) is 15.9. The minimum Gasteiger partial charge on any atom is -1.00 e. The molecule has 1 fully saturated rings. The number of carbonyl (C=O) groups is 1. The third-order valence-corrected chi connectivity index (χ3v) is 10.1. The van der Waals surface area contributed by atoms with Crippen molar-refractivity contribution >= 4 is 28.8 Å². The first kappa shape index (κ1) is 38.9. The molecule has 1 aromatic heterocycles. The zero-order valence-corrected chi connectivity index (χ0v) is 30.0. The van der Waals surface area contributed by atoms with E-state index < -0.39 is 0 Å². The van der Waals surface area contributed by atoms with Gasteiger partial charge in [-0.3, -0.25) is 0 Å². The Balaban J connectivity index is 0.00000675. The van der Waals surface area contributed by atoms with Gasteiger partial charge in [0, 0.05) is 47.6 Å². The number of alkyl carbamates (subject to hydrolysis) is 1. The molecule has 0 saturated carbocycles. The Labute approximate surface area is 283 Å². The van der Waals surface area contributed by atoms with Crippen LogP contribution in [0.2, 0.25) is 0 Å². The number of aryl methyl sites for hydroxylation is 1. The topological polar surface area (TPSA) is 51.4 Å². The molecule has 0 spiro atoms. The molecular formula is C37H61BrN2O3S. The van der Waals surface area contributed by atoms with E-state index >= 15 is 0 Å². The first-order valence-electron chi connectivity index (χ1n) is 17.8. The molecule has 2 heterocycles. The van der Waals surface area contributed by atoms with Crippen LogP contribution in [-0.4, -0.2) is 43.0 Å². The standard InChI is InChI=1S/C37H60N2O3S.BrH/c1-2-3-4-5-6-7-8-9-10-11-12-13-14-15-16-19-26-38-37(40)42-32-35-30-34(43-35)31-41-29-21-20-27-39-28-22-24-33-23-17-18-25-36(33)39;/h17-18,22-25,28,34-35H,2-16,19-21,26-27,29-32H2,1H3;1H/t34-,35-;/m0./s1. The van der Waals surface area contributed by atoms with E-state index in [-0.39, 0.29) is 23.1 Å². The summed E-state index contributed by atoms with van der Waals surface area (Å²) in [6, 6.07) is 12.8. The Bertz CT molecular complexity index is 983. The fraction of sp³-hybridized carbons (Fsp3) is 0.730. The molecule has 3 rings (SSSR count). The number of unbranched alkanes of at least 4 members (excludes halogenated alkanes) is 16. The lowest BCUT2D eigenvalue weighted by Gasteiger charge is -2.34. The van der Waals surface area contributed by atoms with Crippen molar-refractivity contribution in [1.82, 2.24) is 5.32 Å². The highest BCUT2D eigenvalue weighted by atomic mass is 79.9. The monoisotopic (exact) mass is 692 g/mol. The number of rotatable bonds is 26. The van der Waals surface area contributed by atoms with Crippen LogP contribution in [0, 0.1) is 0 Å². The van der Waals surface area contributed by atoms with E-state index in [1.165, 1.54) is 107 Å². The third-order valence-electron chi connectivity index (χ3n) is 8.64. The van der Waals surface area contributed by atoms with Gasteiger partial charge in [-0.2, -0.15) is 4.57 Å². The van der Waals surface area contributed by atoms with Crippen molar-refractivity contribution in [3.05, 3.63) is 42.6 Å². The summed E-state index contributed by atoms with van der Waals surface area (Å²) >= 11 is 1.89. The van der Waals surface area contributed by atoms with Crippen molar-refractivity contribution in [1.29, 1.82) is 0 Å². The number of carbonyl (C=O) groups excluding carboxylic acids is 1. The molecule has 1 aromatic carbocycles. The molecule has 44 heavy (non-hydrogen) atoms. The molecular weight excluding hydrogens is 632 g/mol. The van der Waals surface area contributed by atoms with Gasteiger partial charge < -0.3 is 31.8 Å². The second-order valence-corrected chi connectivity index (χ2v) is 14.1. The van der Waals surface area contributed by atoms with Gasteiger partial charge in [0.15, 0.2) is 6.20 Å². The number of hydrogen-bond acceptors (Lipinski definition) is 4. The Morgan fingerprint density at radius 3 is 2.00 bits per heavy atom. The number of thioether (sulfide) groups is 1. The molecule has 1 N–H and O–H groups in total. The van der Waals surface area contributed by atoms with Gasteiger partial charge in [0.1, 0.15) is 13.2 Å².